The highest BCUT2D eigenvalue weighted by atomic mass is 79.9. The molecule has 3 N–H and O–H groups in total. The third-order valence-corrected chi connectivity index (χ3v) is 3.25. The minimum absolute atomic E-state index is 0.279. The third-order valence-electron chi connectivity index (χ3n) is 2.72. The maximum Gasteiger partial charge on any atom is 0.327 e. The highest BCUT2D eigenvalue weighted by Gasteiger charge is 2.08. The van der Waals surface area contributed by atoms with Crippen molar-refractivity contribution < 1.29 is 0 Å². The zero-order valence-electron chi connectivity index (χ0n) is 9.66. The standard InChI is InChI=1S/C12H9BrN4O2/c13-7-3-1-6(2-4-7)5-8-14-9-10(15-8)16-12(19)17-11(9)18/h1-4H,5H2,(H3,14,15,16,17,18,19). The summed E-state index contributed by atoms with van der Waals surface area (Å²) in [5, 5.41) is 0. The first-order valence-corrected chi connectivity index (χ1v) is 6.37. The molecule has 0 aliphatic rings. The van der Waals surface area contributed by atoms with Gasteiger partial charge in [-0.2, -0.15) is 0 Å². The Morgan fingerprint density at radius 3 is 2.53 bits per heavy atom. The smallest absolute Gasteiger partial charge is 0.327 e. The van der Waals surface area contributed by atoms with E-state index in [1.165, 1.54) is 0 Å². The van der Waals surface area contributed by atoms with Crippen LogP contribution in [0.25, 0.3) is 11.2 Å². The Bertz CT molecular complexity index is 845. The van der Waals surface area contributed by atoms with Gasteiger partial charge in [0.15, 0.2) is 5.65 Å². The molecule has 0 atom stereocenters. The molecule has 0 saturated carbocycles. The van der Waals surface area contributed by atoms with E-state index in [9.17, 15) is 9.59 Å². The number of benzene rings is 1. The predicted molar refractivity (Wildman–Crippen MR) is 74.3 cm³/mol. The molecule has 0 fully saturated rings. The van der Waals surface area contributed by atoms with Crippen LogP contribution in [0.4, 0.5) is 0 Å². The first kappa shape index (κ1) is 11.9. The average molecular weight is 321 g/mol. The lowest BCUT2D eigenvalue weighted by molar-refractivity contribution is 1.03. The van der Waals surface area contributed by atoms with Gasteiger partial charge < -0.3 is 4.98 Å². The van der Waals surface area contributed by atoms with Crippen molar-refractivity contribution >= 4 is 27.1 Å². The van der Waals surface area contributed by atoms with Gasteiger partial charge in [-0.25, -0.2) is 9.78 Å². The largest absolute Gasteiger partial charge is 0.336 e. The molecule has 0 aliphatic carbocycles. The van der Waals surface area contributed by atoms with Crippen LogP contribution in [-0.2, 0) is 6.42 Å². The highest BCUT2D eigenvalue weighted by Crippen LogP contribution is 2.13. The van der Waals surface area contributed by atoms with Gasteiger partial charge in [-0.3, -0.25) is 14.8 Å². The number of halogens is 1. The van der Waals surface area contributed by atoms with Crippen LogP contribution in [0.2, 0.25) is 0 Å². The van der Waals surface area contributed by atoms with E-state index in [2.05, 4.69) is 35.9 Å². The second-order valence-corrected chi connectivity index (χ2v) is 5.03. The minimum Gasteiger partial charge on any atom is -0.336 e. The number of hydrogen-bond acceptors (Lipinski definition) is 3. The Morgan fingerprint density at radius 1 is 1.05 bits per heavy atom. The van der Waals surface area contributed by atoms with Gasteiger partial charge in [0.25, 0.3) is 5.56 Å². The lowest BCUT2D eigenvalue weighted by Crippen LogP contribution is -2.21. The number of H-pyrrole nitrogens is 3. The molecular formula is C12H9BrN4O2. The molecule has 0 radical (unpaired) electrons. The van der Waals surface area contributed by atoms with Crippen LogP contribution in [0, 0.1) is 0 Å². The number of aromatic amines is 3. The topological polar surface area (TPSA) is 94.4 Å². The molecule has 19 heavy (non-hydrogen) atoms. The number of fused-ring (bicyclic) bond motifs is 1. The van der Waals surface area contributed by atoms with Crippen molar-refractivity contribution in [3.63, 3.8) is 0 Å². The van der Waals surface area contributed by atoms with Crippen LogP contribution in [-0.4, -0.2) is 19.9 Å². The molecule has 0 unspecified atom stereocenters. The monoisotopic (exact) mass is 320 g/mol. The summed E-state index contributed by atoms with van der Waals surface area (Å²) in [6.07, 6.45) is 0.559. The second kappa shape index (κ2) is 4.51. The van der Waals surface area contributed by atoms with Crippen LogP contribution < -0.4 is 11.2 Å². The molecule has 0 spiro atoms. The maximum atomic E-state index is 11.6. The van der Waals surface area contributed by atoms with E-state index < -0.39 is 11.2 Å². The fourth-order valence-corrected chi connectivity index (χ4v) is 2.13. The molecule has 7 heteroatoms. The lowest BCUT2D eigenvalue weighted by atomic mass is 10.1. The van der Waals surface area contributed by atoms with Gasteiger partial charge in [-0.05, 0) is 17.7 Å². The Labute approximate surface area is 115 Å². The molecule has 3 rings (SSSR count). The number of aromatic nitrogens is 4. The van der Waals surface area contributed by atoms with Gasteiger partial charge >= 0.3 is 5.69 Å². The van der Waals surface area contributed by atoms with Gasteiger partial charge in [0.05, 0.1) is 0 Å². The van der Waals surface area contributed by atoms with E-state index in [0.717, 1.165) is 10.0 Å². The van der Waals surface area contributed by atoms with Gasteiger partial charge in [-0.1, -0.05) is 28.1 Å². The van der Waals surface area contributed by atoms with Crippen molar-refractivity contribution in [3.8, 4) is 0 Å². The molecule has 0 bridgehead atoms. The summed E-state index contributed by atoms with van der Waals surface area (Å²) in [6, 6.07) is 7.80. The molecule has 1 aromatic carbocycles. The molecule has 2 aromatic heterocycles. The molecular weight excluding hydrogens is 312 g/mol. The summed E-state index contributed by atoms with van der Waals surface area (Å²) in [4.78, 5) is 34.5. The fourth-order valence-electron chi connectivity index (χ4n) is 1.86. The van der Waals surface area contributed by atoms with E-state index in [4.69, 9.17) is 0 Å². The minimum atomic E-state index is -0.556. The fraction of sp³-hybridized carbons (Fsp3) is 0.0833. The average Bonchev–Trinajstić information content (AvgIpc) is 2.75. The van der Waals surface area contributed by atoms with Gasteiger partial charge in [-0.15, -0.1) is 0 Å². The van der Waals surface area contributed by atoms with Gasteiger partial charge in [0.1, 0.15) is 11.3 Å². The molecule has 0 saturated heterocycles. The molecule has 2 heterocycles. The number of hydrogen-bond donors (Lipinski definition) is 3. The Morgan fingerprint density at radius 2 is 1.79 bits per heavy atom. The van der Waals surface area contributed by atoms with E-state index in [1.54, 1.807) is 0 Å². The molecule has 0 aliphatic heterocycles. The number of nitrogens with one attached hydrogen (secondary N) is 3. The van der Waals surface area contributed by atoms with Crippen molar-refractivity contribution in [2.45, 2.75) is 6.42 Å². The van der Waals surface area contributed by atoms with E-state index >= 15 is 0 Å². The predicted octanol–water partition coefficient (Wildman–Crippen LogP) is 1.29. The lowest BCUT2D eigenvalue weighted by Gasteiger charge is -1.97. The van der Waals surface area contributed by atoms with Crippen molar-refractivity contribution in [2.75, 3.05) is 0 Å². The SMILES string of the molecule is O=c1[nH]c(=O)c2[nH]c(Cc3ccc(Br)cc3)nc2[nH]1. The Hall–Kier alpha value is -2.15. The Kier molecular flexibility index (Phi) is 2.83. The summed E-state index contributed by atoms with van der Waals surface area (Å²) in [5.41, 5.74) is 0.598. The van der Waals surface area contributed by atoms with Crippen LogP contribution in [0.5, 0.6) is 0 Å². The summed E-state index contributed by atoms with van der Waals surface area (Å²) < 4.78 is 1.00. The van der Waals surface area contributed by atoms with E-state index in [1.807, 2.05) is 24.3 Å². The van der Waals surface area contributed by atoms with E-state index in [-0.39, 0.29) is 11.2 Å². The molecule has 0 amide bonds. The van der Waals surface area contributed by atoms with Crippen LogP contribution in [0.3, 0.4) is 0 Å². The number of rotatable bonds is 2. The summed E-state index contributed by atoms with van der Waals surface area (Å²) >= 11 is 3.37. The summed E-state index contributed by atoms with van der Waals surface area (Å²) in [5.74, 6) is 0.629. The summed E-state index contributed by atoms with van der Waals surface area (Å²) in [7, 11) is 0. The van der Waals surface area contributed by atoms with Gasteiger partial charge in [0, 0.05) is 10.9 Å². The maximum absolute atomic E-state index is 11.6. The van der Waals surface area contributed by atoms with Gasteiger partial charge in [0.2, 0.25) is 0 Å². The van der Waals surface area contributed by atoms with Crippen molar-refractivity contribution in [1.82, 2.24) is 19.9 Å². The first-order valence-electron chi connectivity index (χ1n) is 5.57. The second-order valence-electron chi connectivity index (χ2n) is 4.12. The molecule has 3 aromatic rings. The van der Waals surface area contributed by atoms with Crippen molar-refractivity contribution in [1.29, 1.82) is 0 Å². The number of nitrogens with zero attached hydrogens (tertiary/aromatic N) is 1. The zero-order chi connectivity index (χ0) is 13.4. The summed E-state index contributed by atoms with van der Waals surface area (Å²) in [6.45, 7) is 0. The third kappa shape index (κ3) is 2.37. The van der Waals surface area contributed by atoms with Crippen molar-refractivity contribution in [3.05, 3.63) is 61.0 Å². The zero-order valence-corrected chi connectivity index (χ0v) is 11.2. The highest BCUT2D eigenvalue weighted by molar-refractivity contribution is 9.10. The molecule has 96 valence electrons. The van der Waals surface area contributed by atoms with Crippen LogP contribution in [0.1, 0.15) is 11.4 Å². The van der Waals surface area contributed by atoms with Crippen molar-refractivity contribution in [2.24, 2.45) is 0 Å². The number of imidazole rings is 1. The molecule has 6 nitrogen and oxygen atoms in total. The van der Waals surface area contributed by atoms with Crippen LogP contribution in [0.15, 0.2) is 38.3 Å². The first-order chi connectivity index (χ1) is 9.11. The van der Waals surface area contributed by atoms with Crippen LogP contribution >= 0.6 is 15.9 Å². The normalized spacial score (nSPS) is 11.0. The quantitative estimate of drug-likeness (QED) is 0.664. The van der Waals surface area contributed by atoms with E-state index in [0.29, 0.717) is 12.2 Å². The Balaban J connectivity index is 2.02.